The summed E-state index contributed by atoms with van der Waals surface area (Å²) in [6.45, 7) is 8.25. The van der Waals surface area contributed by atoms with Crippen LogP contribution in [0.15, 0.2) is 0 Å². The van der Waals surface area contributed by atoms with Gasteiger partial charge in [0.15, 0.2) is 5.78 Å². The van der Waals surface area contributed by atoms with E-state index in [4.69, 9.17) is 14.2 Å². The lowest BCUT2D eigenvalue weighted by Crippen LogP contribution is -2.49. The van der Waals surface area contributed by atoms with E-state index in [2.05, 4.69) is 6.92 Å². The lowest BCUT2D eigenvalue weighted by molar-refractivity contribution is -0.158. The normalized spacial score (nSPS) is 22.8. The molecule has 1 heterocycles. The fraction of sp³-hybridized carbons (Fsp3) is 0.875. The van der Waals surface area contributed by atoms with Crippen molar-refractivity contribution in [1.29, 1.82) is 0 Å². The number of ketones is 1. The van der Waals surface area contributed by atoms with E-state index >= 15 is 0 Å². The summed E-state index contributed by atoms with van der Waals surface area (Å²) in [5.41, 5.74) is -0.545. The van der Waals surface area contributed by atoms with Gasteiger partial charge in [-0.25, -0.2) is 4.79 Å². The molecule has 1 rings (SSSR count). The molecule has 1 fully saturated rings. The first-order chi connectivity index (χ1) is 10.2. The molecular formula is C16H29NO5. The van der Waals surface area contributed by atoms with Crippen LogP contribution in [0.4, 0.5) is 4.79 Å². The lowest BCUT2D eigenvalue weighted by Gasteiger charge is -2.39. The Hall–Kier alpha value is -1.14. The molecule has 128 valence electrons. The molecule has 0 saturated carbocycles. The Morgan fingerprint density at radius 2 is 1.82 bits per heavy atom. The number of amides is 1. The van der Waals surface area contributed by atoms with Crippen LogP contribution in [-0.2, 0) is 19.0 Å². The van der Waals surface area contributed by atoms with E-state index < -0.39 is 11.9 Å². The van der Waals surface area contributed by atoms with Crippen LogP contribution >= 0.6 is 0 Å². The molecule has 0 N–H and O–H groups in total. The minimum absolute atomic E-state index is 0.155. The molecule has 0 aliphatic carbocycles. The highest BCUT2D eigenvalue weighted by Crippen LogP contribution is 2.27. The summed E-state index contributed by atoms with van der Waals surface area (Å²) in [6.07, 6.45) is 0.685. The van der Waals surface area contributed by atoms with Crippen LogP contribution in [0.5, 0.6) is 0 Å². The van der Waals surface area contributed by atoms with Crippen LogP contribution in [0.25, 0.3) is 0 Å². The van der Waals surface area contributed by atoms with E-state index in [0.717, 1.165) is 12.8 Å². The summed E-state index contributed by atoms with van der Waals surface area (Å²) in [5.74, 6) is 0.317. The largest absolute Gasteiger partial charge is 0.444 e. The fourth-order valence-corrected chi connectivity index (χ4v) is 2.69. The second-order valence-electron chi connectivity index (χ2n) is 6.93. The smallest absolute Gasteiger partial charge is 0.410 e. The Bertz CT molecular complexity index is 386. The highest BCUT2D eigenvalue weighted by atomic mass is 16.7. The first-order valence-electron chi connectivity index (χ1n) is 7.76. The first kappa shape index (κ1) is 18.9. The van der Waals surface area contributed by atoms with Crippen molar-refractivity contribution < 1.29 is 23.8 Å². The molecular weight excluding hydrogens is 286 g/mol. The predicted octanol–water partition coefficient (Wildman–Crippen LogP) is 2.60. The number of likely N-dealkylation sites (tertiary alicyclic amines) is 1. The summed E-state index contributed by atoms with van der Waals surface area (Å²) in [5, 5.41) is 0. The predicted molar refractivity (Wildman–Crippen MR) is 82.6 cm³/mol. The zero-order valence-electron chi connectivity index (χ0n) is 14.5. The van der Waals surface area contributed by atoms with Crippen LogP contribution in [0.2, 0.25) is 0 Å². The van der Waals surface area contributed by atoms with Crippen molar-refractivity contribution in [2.75, 3.05) is 20.8 Å². The highest BCUT2D eigenvalue weighted by molar-refractivity contribution is 5.83. The number of ether oxygens (including phenoxy) is 3. The number of nitrogens with zero attached hydrogens (tertiary/aromatic N) is 1. The number of methoxy groups -OCH3 is 2. The summed E-state index contributed by atoms with van der Waals surface area (Å²) in [4.78, 5) is 26.2. The monoisotopic (exact) mass is 315 g/mol. The summed E-state index contributed by atoms with van der Waals surface area (Å²) in [6, 6.07) is -0.168. The van der Waals surface area contributed by atoms with Crippen molar-refractivity contribution in [3.63, 3.8) is 0 Å². The molecule has 0 aromatic carbocycles. The molecule has 0 bridgehead atoms. The van der Waals surface area contributed by atoms with Crippen LogP contribution in [0.1, 0.15) is 47.0 Å². The van der Waals surface area contributed by atoms with E-state index in [1.54, 1.807) is 4.90 Å². The van der Waals surface area contributed by atoms with Gasteiger partial charge in [0, 0.05) is 33.2 Å². The number of carbonyl (C=O) groups is 2. The third-order valence-electron chi connectivity index (χ3n) is 3.73. The van der Waals surface area contributed by atoms with Gasteiger partial charge in [-0.1, -0.05) is 6.92 Å². The van der Waals surface area contributed by atoms with Gasteiger partial charge in [-0.3, -0.25) is 4.79 Å². The first-order valence-corrected chi connectivity index (χ1v) is 7.76. The Labute approximate surface area is 133 Å². The Morgan fingerprint density at radius 1 is 1.23 bits per heavy atom. The molecule has 0 aromatic rings. The molecule has 1 saturated heterocycles. The van der Waals surface area contributed by atoms with Crippen LogP contribution in [-0.4, -0.2) is 55.5 Å². The topological polar surface area (TPSA) is 65.1 Å². The highest BCUT2D eigenvalue weighted by Gasteiger charge is 2.35. The molecule has 1 aliphatic rings. The molecule has 1 amide bonds. The van der Waals surface area contributed by atoms with Crippen molar-refractivity contribution in [3.05, 3.63) is 0 Å². The van der Waals surface area contributed by atoms with Gasteiger partial charge in [-0.2, -0.15) is 0 Å². The molecule has 6 nitrogen and oxygen atoms in total. The van der Waals surface area contributed by atoms with E-state index in [-0.39, 0.29) is 24.3 Å². The zero-order valence-corrected chi connectivity index (χ0v) is 14.5. The maximum Gasteiger partial charge on any atom is 0.410 e. The molecule has 0 radical (unpaired) electrons. The molecule has 0 spiro atoms. The fourth-order valence-electron chi connectivity index (χ4n) is 2.69. The van der Waals surface area contributed by atoms with Gasteiger partial charge < -0.3 is 19.1 Å². The minimum Gasteiger partial charge on any atom is -0.444 e. The Kier molecular flexibility index (Phi) is 6.81. The van der Waals surface area contributed by atoms with Crippen LogP contribution in [0.3, 0.4) is 0 Å². The molecule has 2 atom stereocenters. The van der Waals surface area contributed by atoms with Gasteiger partial charge in [-0.05, 0) is 39.5 Å². The average Bonchev–Trinajstić information content (AvgIpc) is 2.37. The Balaban J connectivity index is 2.77. The van der Waals surface area contributed by atoms with E-state index in [1.807, 2.05) is 20.8 Å². The second-order valence-corrected chi connectivity index (χ2v) is 6.93. The molecule has 0 aromatic heterocycles. The van der Waals surface area contributed by atoms with Gasteiger partial charge >= 0.3 is 6.09 Å². The standard InChI is InChI=1S/C16H29NO5/c1-11-7-8-17(15(19)22-16(2,3)4)12(9-11)10-13(18)14(20-5)21-6/h11-12,14H,7-10H2,1-6H3. The van der Waals surface area contributed by atoms with Crippen molar-refractivity contribution in [2.45, 2.75) is 64.9 Å². The number of hydrogen-bond acceptors (Lipinski definition) is 5. The molecule has 22 heavy (non-hydrogen) atoms. The number of piperidine rings is 1. The van der Waals surface area contributed by atoms with Crippen molar-refractivity contribution in [3.8, 4) is 0 Å². The van der Waals surface area contributed by atoms with Crippen LogP contribution < -0.4 is 0 Å². The molecule has 1 aliphatic heterocycles. The molecule has 6 heteroatoms. The van der Waals surface area contributed by atoms with Gasteiger partial charge in [0.05, 0.1) is 0 Å². The third kappa shape index (κ3) is 5.57. The lowest BCUT2D eigenvalue weighted by atomic mass is 9.90. The van der Waals surface area contributed by atoms with Crippen molar-refractivity contribution in [1.82, 2.24) is 4.90 Å². The van der Waals surface area contributed by atoms with Gasteiger partial charge in [0.2, 0.25) is 6.29 Å². The van der Waals surface area contributed by atoms with Crippen molar-refractivity contribution >= 4 is 11.9 Å². The van der Waals surface area contributed by atoms with Crippen LogP contribution in [0, 0.1) is 5.92 Å². The third-order valence-corrected chi connectivity index (χ3v) is 3.73. The number of carbonyl (C=O) groups excluding carboxylic acids is 2. The summed E-state index contributed by atoms with van der Waals surface area (Å²) >= 11 is 0. The number of Topliss-reactive ketones (excluding diaryl/α,β-unsaturated/α-hetero) is 1. The summed E-state index contributed by atoms with van der Waals surface area (Å²) < 4.78 is 15.4. The maximum atomic E-state index is 12.4. The zero-order chi connectivity index (χ0) is 16.9. The number of rotatable bonds is 5. The number of hydrogen-bond donors (Lipinski definition) is 0. The van der Waals surface area contributed by atoms with E-state index in [9.17, 15) is 9.59 Å². The van der Waals surface area contributed by atoms with Gasteiger partial charge in [0.1, 0.15) is 5.60 Å². The minimum atomic E-state index is -0.877. The van der Waals surface area contributed by atoms with Crippen molar-refractivity contribution in [2.24, 2.45) is 5.92 Å². The average molecular weight is 315 g/mol. The summed E-state index contributed by atoms with van der Waals surface area (Å²) in [7, 11) is 2.86. The van der Waals surface area contributed by atoms with E-state index in [1.165, 1.54) is 14.2 Å². The Morgan fingerprint density at radius 3 is 2.32 bits per heavy atom. The SMILES string of the molecule is COC(OC)C(=O)CC1CC(C)CCN1C(=O)OC(C)(C)C. The van der Waals surface area contributed by atoms with Gasteiger partial charge in [-0.15, -0.1) is 0 Å². The molecule has 2 unspecified atom stereocenters. The quantitative estimate of drug-likeness (QED) is 0.730. The van der Waals surface area contributed by atoms with E-state index in [0.29, 0.717) is 12.5 Å². The second kappa shape index (κ2) is 7.92. The maximum absolute atomic E-state index is 12.4. The van der Waals surface area contributed by atoms with Gasteiger partial charge in [0.25, 0.3) is 0 Å².